The molecule has 5 nitrogen and oxygen atoms in total. The molecule has 0 saturated heterocycles. The monoisotopic (exact) mass is 217 g/mol. The van der Waals surface area contributed by atoms with Crippen LogP contribution in [0.3, 0.4) is 0 Å². The van der Waals surface area contributed by atoms with E-state index >= 15 is 0 Å². The molecule has 0 N–H and O–H groups in total. The molecule has 1 aliphatic heterocycles. The van der Waals surface area contributed by atoms with Gasteiger partial charge in [-0.15, -0.1) is 0 Å². The summed E-state index contributed by atoms with van der Waals surface area (Å²) in [5, 5.41) is 0. The molecule has 1 heterocycles. The Kier molecular flexibility index (Phi) is 1.71. The normalized spacial score (nSPS) is 18.6. The van der Waals surface area contributed by atoms with E-state index in [9.17, 15) is 17.7 Å². The Morgan fingerprint density at radius 2 is 1.93 bits per heavy atom. The van der Waals surface area contributed by atoms with E-state index in [1.807, 2.05) is 0 Å². The predicted molar refractivity (Wildman–Crippen MR) is 43.3 cm³/mol. The van der Waals surface area contributed by atoms with Crippen molar-refractivity contribution in [2.75, 3.05) is 0 Å². The second kappa shape index (κ2) is 2.68. The summed E-state index contributed by atoms with van der Waals surface area (Å²) >= 11 is 0. The van der Waals surface area contributed by atoms with Crippen molar-refractivity contribution >= 4 is 16.2 Å². The van der Waals surface area contributed by atoms with Gasteiger partial charge in [-0.1, -0.05) is 16.6 Å². The van der Waals surface area contributed by atoms with E-state index in [1.165, 1.54) is 24.3 Å². The number of halogens is 1. The highest BCUT2D eigenvalue weighted by atomic mass is 32.2. The largest absolute Gasteiger partial charge is 0.439 e. The molecule has 7 heteroatoms. The van der Waals surface area contributed by atoms with Crippen molar-refractivity contribution in [3.05, 3.63) is 29.8 Å². The van der Waals surface area contributed by atoms with E-state index < -0.39 is 20.7 Å². The Bertz CT molecular complexity index is 498. The van der Waals surface area contributed by atoms with Gasteiger partial charge in [-0.05, 0) is 16.7 Å². The molecule has 0 bridgehead atoms. The van der Waals surface area contributed by atoms with E-state index in [4.69, 9.17) is 0 Å². The van der Waals surface area contributed by atoms with Crippen LogP contribution in [0, 0.1) is 0 Å². The van der Waals surface area contributed by atoms with E-state index in [2.05, 4.69) is 4.18 Å². The van der Waals surface area contributed by atoms with Crippen molar-refractivity contribution in [3.8, 4) is 5.75 Å². The zero-order chi connectivity index (χ0) is 10.3. The van der Waals surface area contributed by atoms with Crippen LogP contribution in [0.5, 0.6) is 5.75 Å². The Hall–Kier alpha value is -1.63. The molecule has 0 atom stereocenters. The molecular weight excluding hydrogens is 213 g/mol. The van der Waals surface area contributed by atoms with Crippen LogP contribution in [0.4, 0.5) is 4.48 Å². The molecule has 1 amide bonds. The number of benzene rings is 1. The van der Waals surface area contributed by atoms with Crippen molar-refractivity contribution in [1.29, 1.82) is 0 Å². The van der Waals surface area contributed by atoms with E-state index in [0.29, 0.717) is 0 Å². The van der Waals surface area contributed by atoms with Crippen molar-refractivity contribution in [2.45, 2.75) is 0 Å². The minimum Gasteiger partial charge on any atom is -0.364 e. The highest BCUT2D eigenvalue weighted by Gasteiger charge is 2.38. The lowest BCUT2D eigenvalue weighted by Crippen LogP contribution is -2.37. The first-order chi connectivity index (χ1) is 6.52. The fraction of sp³-hybridized carbons (Fsp3) is 0. The van der Waals surface area contributed by atoms with Crippen molar-refractivity contribution in [1.82, 2.24) is 4.53 Å². The summed E-state index contributed by atoms with van der Waals surface area (Å²) in [6.45, 7) is 0. The number of carbonyl (C=O) groups is 1. The number of fused-ring (bicyclic) bond motifs is 1. The van der Waals surface area contributed by atoms with Crippen LogP contribution in [-0.4, -0.2) is 18.9 Å². The van der Waals surface area contributed by atoms with Gasteiger partial charge in [-0.3, -0.25) is 4.79 Å². The number of nitrogens with zero attached hydrogens (tertiary/aromatic N) is 1. The first kappa shape index (κ1) is 8.95. The third-order valence-corrected chi connectivity index (χ3v) is 2.62. The standard InChI is InChI=1S/C7H4FNO4S/c8-9-7(10)5-3-1-2-4-6(5)13-14(9,11)12/h1-4H. The summed E-state index contributed by atoms with van der Waals surface area (Å²) in [6.07, 6.45) is 0. The second-order valence-corrected chi connectivity index (χ2v) is 3.90. The van der Waals surface area contributed by atoms with Gasteiger partial charge in [0, 0.05) is 0 Å². The van der Waals surface area contributed by atoms with E-state index in [0.717, 1.165) is 0 Å². The van der Waals surface area contributed by atoms with E-state index in [-0.39, 0.29) is 11.3 Å². The topological polar surface area (TPSA) is 63.7 Å². The molecule has 0 fully saturated rings. The SMILES string of the molecule is O=C1c2ccccc2OS(=O)(=O)N1F. The maximum Gasteiger partial charge on any atom is 0.439 e. The third kappa shape index (κ3) is 1.13. The molecule has 14 heavy (non-hydrogen) atoms. The van der Waals surface area contributed by atoms with Gasteiger partial charge in [0.2, 0.25) is 0 Å². The number of hydrogen-bond donors (Lipinski definition) is 0. The molecule has 0 aromatic heterocycles. The summed E-state index contributed by atoms with van der Waals surface area (Å²) in [5.41, 5.74) is -0.121. The second-order valence-electron chi connectivity index (χ2n) is 2.56. The first-order valence-electron chi connectivity index (χ1n) is 3.56. The number of carbonyl (C=O) groups excluding carboxylic acids is 1. The summed E-state index contributed by atoms with van der Waals surface area (Å²) in [6, 6.07) is 5.51. The average Bonchev–Trinajstić information content (AvgIpc) is 2.14. The molecule has 74 valence electrons. The van der Waals surface area contributed by atoms with Crippen LogP contribution < -0.4 is 4.18 Å². The highest BCUT2D eigenvalue weighted by Crippen LogP contribution is 2.28. The van der Waals surface area contributed by atoms with Crippen molar-refractivity contribution in [2.24, 2.45) is 0 Å². The van der Waals surface area contributed by atoms with Crippen LogP contribution in [0.15, 0.2) is 24.3 Å². The molecule has 1 aromatic rings. The Labute approximate surface area is 78.9 Å². The van der Waals surface area contributed by atoms with Gasteiger partial charge in [0.05, 0.1) is 5.56 Å². The van der Waals surface area contributed by atoms with Gasteiger partial charge in [-0.25, -0.2) is 0 Å². The number of hydrogen-bond acceptors (Lipinski definition) is 4. The molecule has 1 aromatic carbocycles. The lowest BCUT2D eigenvalue weighted by atomic mass is 10.2. The maximum absolute atomic E-state index is 12.8. The average molecular weight is 217 g/mol. The summed E-state index contributed by atoms with van der Waals surface area (Å²) in [5.74, 6) is -1.40. The van der Waals surface area contributed by atoms with Crippen LogP contribution in [0.1, 0.15) is 10.4 Å². The smallest absolute Gasteiger partial charge is 0.364 e. The maximum atomic E-state index is 12.8. The zero-order valence-corrected chi connectivity index (χ0v) is 7.49. The number of para-hydroxylation sites is 1. The number of rotatable bonds is 0. The zero-order valence-electron chi connectivity index (χ0n) is 6.68. The summed E-state index contributed by atoms with van der Waals surface area (Å²) in [4.78, 5) is 11.1. The molecular formula is C7H4FNO4S. The van der Waals surface area contributed by atoms with Crippen LogP contribution in [0.25, 0.3) is 0 Å². The van der Waals surface area contributed by atoms with Gasteiger partial charge in [0.1, 0.15) is 0 Å². The molecule has 0 spiro atoms. The van der Waals surface area contributed by atoms with Gasteiger partial charge >= 0.3 is 16.2 Å². The minimum atomic E-state index is -4.61. The first-order valence-corrected chi connectivity index (χ1v) is 4.93. The fourth-order valence-corrected chi connectivity index (χ4v) is 1.80. The Morgan fingerprint density at radius 3 is 2.64 bits per heavy atom. The predicted octanol–water partition coefficient (Wildman–Crippen LogP) is 0.651. The molecule has 2 rings (SSSR count). The third-order valence-electron chi connectivity index (χ3n) is 1.67. The molecule has 0 saturated carbocycles. The highest BCUT2D eigenvalue weighted by molar-refractivity contribution is 7.85. The van der Waals surface area contributed by atoms with Gasteiger partial charge < -0.3 is 4.18 Å². The van der Waals surface area contributed by atoms with Crippen molar-refractivity contribution in [3.63, 3.8) is 0 Å². The van der Waals surface area contributed by atoms with Crippen LogP contribution in [-0.2, 0) is 10.3 Å². The lowest BCUT2D eigenvalue weighted by Gasteiger charge is -2.19. The van der Waals surface area contributed by atoms with Crippen molar-refractivity contribution < 1.29 is 21.9 Å². The molecule has 1 aliphatic rings. The summed E-state index contributed by atoms with van der Waals surface area (Å²) in [7, 11) is -4.61. The number of amides is 1. The minimum absolute atomic E-state index is 0.121. The molecule has 0 unspecified atom stereocenters. The quantitative estimate of drug-likeness (QED) is 0.598. The lowest BCUT2D eigenvalue weighted by molar-refractivity contribution is 0.0533. The van der Waals surface area contributed by atoms with Crippen LogP contribution in [0.2, 0.25) is 0 Å². The summed E-state index contributed by atoms with van der Waals surface area (Å²) < 4.78 is 37.9. The Balaban J connectivity index is 2.65. The van der Waals surface area contributed by atoms with Gasteiger partial charge in [0.25, 0.3) is 0 Å². The molecule has 0 radical (unpaired) electrons. The molecule has 0 aliphatic carbocycles. The Morgan fingerprint density at radius 1 is 1.29 bits per heavy atom. The fourth-order valence-electron chi connectivity index (χ4n) is 1.06. The van der Waals surface area contributed by atoms with Gasteiger partial charge in [0.15, 0.2) is 5.75 Å². The van der Waals surface area contributed by atoms with Crippen LogP contribution >= 0.6 is 0 Å². The van der Waals surface area contributed by atoms with Gasteiger partial charge in [-0.2, -0.15) is 8.42 Å². The van der Waals surface area contributed by atoms with E-state index in [1.54, 1.807) is 0 Å².